The number of ether oxygens (including phenoxy) is 1. The van der Waals surface area contributed by atoms with E-state index in [1.807, 2.05) is 0 Å². The van der Waals surface area contributed by atoms with E-state index in [1.165, 1.54) is 0 Å². The van der Waals surface area contributed by atoms with Gasteiger partial charge in [0.05, 0.1) is 5.69 Å². The Balaban J connectivity index is 2.23. The molecule has 0 atom stereocenters. The zero-order chi connectivity index (χ0) is 12.7. The smallest absolute Gasteiger partial charge is 0.251 e. The number of hydrogen-bond acceptors (Lipinski definition) is 3. The van der Waals surface area contributed by atoms with Gasteiger partial charge in [0.1, 0.15) is 11.6 Å². The molecule has 0 spiro atoms. The standard InChI is InChI=1S/C11H18ClN3O2/c1-3-4-5-6-17-7-9(16)13-11-10(12)8(2)14-15-11/h3-7H2,1-2H3,(H2,13,14,15,16). The maximum absolute atomic E-state index is 11.5. The zero-order valence-corrected chi connectivity index (χ0v) is 10.9. The summed E-state index contributed by atoms with van der Waals surface area (Å²) in [7, 11) is 0. The maximum atomic E-state index is 11.5. The summed E-state index contributed by atoms with van der Waals surface area (Å²) in [5.74, 6) is 0.112. The fourth-order valence-corrected chi connectivity index (χ4v) is 1.42. The average molecular weight is 260 g/mol. The number of aryl methyl sites for hydroxylation is 1. The summed E-state index contributed by atoms with van der Waals surface area (Å²) in [6.07, 6.45) is 3.23. The summed E-state index contributed by atoms with van der Waals surface area (Å²) < 4.78 is 5.22. The summed E-state index contributed by atoms with van der Waals surface area (Å²) in [5.41, 5.74) is 0.728. The van der Waals surface area contributed by atoms with E-state index < -0.39 is 0 Å². The van der Waals surface area contributed by atoms with Crippen LogP contribution in [-0.2, 0) is 9.53 Å². The van der Waals surface area contributed by atoms with Gasteiger partial charge >= 0.3 is 0 Å². The number of aromatic amines is 1. The number of rotatable bonds is 7. The fourth-order valence-electron chi connectivity index (χ4n) is 1.29. The SMILES string of the molecule is CCCCCOCC(=O)Nc1n[nH]c(C)c1Cl. The highest BCUT2D eigenvalue weighted by Crippen LogP contribution is 2.21. The van der Waals surface area contributed by atoms with Crippen LogP contribution in [0.5, 0.6) is 0 Å². The summed E-state index contributed by atoms with van der Waals surface area (Å²) >= 11 is 5.91. The largest absolute Gasteiger partial charge is 0.372 e. The van der Waals surface area contributed by atoms with Crippen LogP contribution in [0.3, 0.4) is 0 Å². The van der Waals surface area contributed by atoms with E-state index in [0.29, 0.717) is 17.4 Å². The molecule has 0 saturated carbocycles. The van der Waals surface area contributed by atoms with Crippen molar-refractivity contribution in [1.82, 2.24) is 10.2 Å². The van der Waals surface area contributed by atoms with Gasteiger partial charge in [-0.3, -0.25) is 9.89 Å². The van der Waals surface area contributed by atoms with E-state index in [2.05, 4.69) is 22.4 Å². The Hall–Kier alpha value is -1.07. The third-order valence-corrected chi connectivity index (χ3v) is 2.72. The Bertz CT molecular complexity index is 366. The van der Waals surface area contributed by atoms with Crippen LogP contribution in [0.2, 0.25) is 5.02 Å². The van der Waals surface area contributed by atoms with Crippen LogP contribution >= 0.6 is 11.6 Å². The van der Waals surface area contributed by atoms with Gasteiger partial charge < -0.3 is 10.1 Å². The minimum absolute atomic E-state index is 0.0337. The van der Waals surface area contributed by atoms with Crippen LogP contribution in [-0.4, -0.2) is 29.3 Å². The van der Waals surface area contributed by atoms with Gasteiger partial charge in [0.25, 0.3) is 5.91 Å². The molecule has 1 rings (SSSR count). The second-order valence-corrected chi connectivity index (χ2v) is 4.20. The lowest BCUT2D eigenvalue weighted by Crippen LogP contribution is -2.19. The number of nitrogens with zero attached hydrogens (tertiary/aromatic N) is 1. The molecule has 1 aromatic heterocycles. The molecule has 0 aliphatic heterocycles. The number of nitrogens with one attached hydrogen (secondary N) is 2. The minimum Gasteiger partial charge on any atom is -0.372 e. The van der Waals surface area contributed by atoms with Crippen molar-refractivity contribution >= 4 is 23.3 Å². The summed E-state index contributed by atoms with van der Waals surface area (Å²) in [5, 5.41) is 9.58. The Morgan fingerprint density at radius 2 is 2.29 bits per heavy atom. The first-order chi connectivity index (χ1) is 8.15. The molecule has 0 fully saturated rings. The molecular formula is C11H18ClN3O2. The van der Waals surface area contributed by atoms with E-state index in [4.69, 9.17) is 16.3 Å². The molecule has 17 heavy (non-hydrogen) atoms. The molecular weight excluding hydrogens is 242 g/mol. The van der Waals surface area contributed by atoms with Crippen LogP contribution in [0.25, 0.3) is 0 Å². The van der Waals surface area contributed by atoms with E-state index in [-0.39, 0.29) is 12.5 Å². The highest BCUT2D eigenvalue weighted by molar-refractivity contribution is 6.34. The predicted molar refractivity (Wildman–Crippen MR) is 67.3 cm³/mol. The molecule has 0 bridgehead atoms. The second-order valence-electron chi connectivity index (χ2n) is 3.82. The molecule has 0 unspecified atom stereocenters. The first kappa shape index (κ1) is 14.0. The number of anilines is 1. The molecule has 0 saturated heterocycles. The van der Waals surface area contributed by atoms with Crippen molar-refractivity contribution in [3.63, 3.8) is 0 Å². The van der Waals surface area contributed by atoms with Crippen LogP contribution in [0.4, 0.5) is 5.82 Å². The Morgan fingerprint density at radius 3 is 2.88 bits per heavy atom. The number of amides is 1. The summed E-state index contributed by atoms with van der Waals surface area (Å²) in [6, 6.07) is 0. The third-order valence-electron chi connectivity index (χ3n) is 2.26. The number of unbranched alkanes of at least 4 members (excludes halogenated alkanes) is 2. The van der Waals surface area contributed by atoms with Crippen molar-refractivity contribution < 1.29 is 9.53 Å². The molecule has 1 aromatic rings. The van der Waals surface area contributed by atoms with Gasteiger partial charge in [0.2, 0.25) is 0 Å². The highest BCUT2D eigenvalue weighted by Gasteiger charge is 2.10. The lowest BCUT2D eigenvalue weighted by atomic mass is 10.3. The van der Waals surface area contributed by atoms with Crippen molar-refractivity contribution in [3.8, 4) is 0 Å². The Morgan fingerprint density at radius 1 is 1.53 bits per heavy atom. The van der Waals surface area contributed by atoms with Crippen molar-refractivity contribution in [2.45, 2.75) is 33.1 Å². The normalized spacial score (nSPS) is 10.5. The predicted octanol–water partition coefficient (Wildman–Crippen LogP) is 2.52. The van der Waals surface area contributed by atoms with Crippen LogP contribution in [0, 0.1) is 6.92 Å². The van der Waals surface area contributed by atoms with Gasteiger partial charge in [-0.05, 0) is 13.3 Å². The van der Waals surface area contributed by atoms with Gasteiger partial charge in [-0.2, -0.15) is 5.10 Å². The van der Waals surface area contributed by atoms with Crippen LogP contribution in [0.1, 0.15) is 31.9 Å². The maximum Gasteiger partial charge on any atom is 0.251 e. The molecule has 1 heterocycles. The number of hydrogen-bond donors (Lipinski definition) is 2. The van der Waals surface area contributed by atoms with Crippen molar-refractivity contribution in [2.75, 3.05) is 18.5 Å². The van der Waals surface area contributed by atoms with Gasteiger partial charge in [-0.25, -0.2) is 0 Å². The van der Waals surface area contributed by atoms with Gasteiger partial charge in [-0.1, -0.05) is 31.4 Å². The Labute approximate surface area is 106 Å². The molecule has 2 N–H and O–H groups in total. The van der Waals surface area contributed by atoms with Crippen molar-refractivity contribution in [3.05, 3.63) is 10.7 Å². The lowest BCUT2D eigenvalue weighted by Gasteiger charge is -2.04. The van der Waals surface area contributed by atoms with Crippen molar-refractivity contribution in [2.24, 2.45) is 0 Å². The summed E-state index contributed by atoms with van der Waals surface area (Å²) in [6.45, 7) is 4.54. The molecule has 5 nitrogen and oxygen atoms in total. The Kier molecular flexibility index (Phi) is 6.00. The number of halogens is 1. The van der Waals surface area contributed by atoms with Gasteiger partial charge in [0, 0.05) is 6.61 Å². The molecule has 1 amide bonds. The lowest BCUT2D eigenvalue weighted by molar-refractivity contribution is -0.120. The van der Waals surface area contributed by atoms with E-state index in [1.54, 1.807) is 6.92 Å². The molecule has 0 aromatic carbocycles. The number of H-pyrrole nitrogens is 1. The topological polar surface area (TPSA) is 67.0 Å². The van der Waals surface area contributed by atoms with Gasteiger partial charge in [0.15, 0.2) is 5.82 Å². The minimum atomic E-state index is -0.241. The molecule has 0 radical (unpaired) electrons. The van der Waals surface area contributed by atoms with Crippen LogP contribution in [0.15, 0.2) is 0 Å². The van der Waals surface area contributed by atoms with E-state index in [9.17, 15) is 4.79 Å². The van der Waals surface area contributed by atoms with E-state index in [0.717, 1.165) is 25.0 Å². The van der Waals surface area contributed by atoms with Gasteiger partial charge in [-0.15, -0.1) is 0 Å². The fraction of sp³-hybridized carbons (Fsp3) is 0.636. The molecule has 0 aliphatic carbocycles. The highest BCUT2D eigenvalue weighted by atomic mass is 35.5. The third kappa shape index (κ3) is 4.75. The number of carbonyl (C=O) groups excluding carboxylic acids is 1. The second kappa shape index (κ2) is 7.29. The molecule has 96 valence electrons. The zero-order valence-electron chi connectivity index (χ0n) is 10.2. The van der Waals surface area contributed by atoms with Crippen molar-refractivity contribution in [1.29, 1.82) is 0 Å². The average Bonchev–Trinajstić information content (AvgIpc) is 2.61. The molecule has 6 heteroatoms. The number of carbonyl (C=O) groups is 1. The monoisotopic (exact) mass is 259 g/mol. The first-order valence-electron chi connectivity index (χ1n) is 5.73. The number of aromatic nitrogens is 2. The quantitative estimate of drug-likeness (QED) is 0.740. The molecule has 0 aliphatic rings. The first-order valence-corrected chi connectivity index (χ1v) is 6.11. The summed E-state index contributed by atoms with van der Waals surface area (Å²) in [4.78, 5) is 11.5. The van der Waals surface area contributed by atoms with Crippen LogP contribution < -0.4 is 5.32 Å². The van der Waals surface area contributed by atoms with E-state index >= 15 is 0 Å².